The minimum absolute atomic E-state index is 0.00745. The maximum Gasteiger partial charge on any atom is 0.338 e. The van der Waals surface area contributed by atoms with Gasteiger partial charge in [0.05, 0.1) is 19.2 Å². The monoisotopic (exact) mass is 388 g/mol. The molecule has 0 aliphatic carbocycles. The molecule has 2 amide bonds. The highest BCUT2D eigenvalue weighted by Gasteiger charge is 2.17. The first-order chi connectivity index (χ1) is 13.3. The van der Waals surface area contributed by atoms with Crippen molar-refractivity contribution in [1.82, 2.24) is 4.90 Å². The Kier molecular flexibility index (Phi) is 7.08. The molecule has 0 unspecified atom stereocenters. The highest BCUT2D eigenvalue weighted by Crippen LogP contribution is 2.18. The van der Waals surface area contributed by atoms with Gasteiger partial charge in [0.15, 0.2) is 18.2 Å². The zero-order valence-electron chi connectivity index (χ0n) is 15.8. The molecule has 1 N–H and O–H groups in total. The summed E-state index contributed by atoms with van der Waals surface area (Å²) in [5.74, 6) is -2.53. The van der Waals surface area contributed by atoms with Crippen LogP contribution >= 0.6 is 0 Å². The number of carbonyl (C=O) groups is 3. The summed E-state index contributed by atoms with van der Waals surface area (Å²) < 4.78 is 23.3. The number of hydrogen-bond donors (Lipinski definition) is 1. The van der Waals surface area contributed by atoms with Crippen LogP contribution in [0.4, 0.5) is 10.1 Å². The minimum atomic E-state index is -0.854. The van der Waals surface area contributed by atoms with Gasteiger partial charge in [0.2, 0.25) is 5.91 Å². The summed E-state index contributed by atoms with van der Waals surface area (Å²) in [4.78, 5) is 37.1. The van der Waals surface area contributed by atoms with Crippen molar-refractivity contribution in [2.24, 2.45) is 0 Å². The predicted octanol–water partition coefficient (Wildman–Crippen LogP) is 2.40. The number of anilines is 1. The van der Waals surface area contributed by atoms with Gasteiger partial charge in [-0.25, -0.2) is 9.18 Å². The van der Waals surface area contributed by atoms with E-state index in [1.54, 1.807) is 12.1 Å². The summed E-state index contributed by atoms with van der Waals surface area (Å²) in [5, 5.41) is 2.67. The van der Waals surface area contributed by atoms with Gasteiger partial charge in [0.1, 0.15) is 0 Å². The summed E-state index contributed by atoms with van der Waals surface area (Å²) in [6.45, 7) is 1.15. The Bertz CT molecular complexity index is 867. The number of rotatable bonds is 7. The average molecular weight is 388 g/mol. The molecule has 0 heterocycles. The van der Waals surface area contributed by atoms with E-state index >= 15 is 0 Å². The Hall–Kier alpha value is -3.42. The van der Waals surface area contributed by atoms with Gasteiger partial charge >= 0.3 is 5.97 Å². The van der Waals surface area contributed by atoms with Crippen molar-refractivity contribution in [3.63, 3.8) is 0 Å². The van der Waals surface area contributed by atoms with Gasteiger partial charge in [-0.1, -0.05) is 17.7 Å². The van der Waals surface area contributed by atoms with Gasteiger partial charge in [-0.2, -0.15) is 0 Å². The lowest BCUT2D eigenvalue weighted by molar-refractivity contribution is -0.136. The third-order valence-electron chi connectivity index (χ3n) is 3.86. The van der Waals surface area contributed by atoms with Crippen LogP contribution in [0.3, 0.4) is 0 Å². The van der Waals surface area contributed by atoms with E-state index in [1.807, 2.05) is 19.1 Å². The van der Waals surface area contributed by atoms with Crippen molar-refractivity contribution in [3.05, 3.63) is 59.4 Å². The number of methoxy groups -OCH3 is 1. The maximum atomic E-state index is 13.6. The fourth-order valence-corrected chi connectivity index (χ4v) is 2.26. The first kappa shape index (κ1) is 20.9. The van der Waals surface area contributed by atoms with Crippen molar-refractivity contribution in [2.75, 3.05) is 32.6 Å². The van der Waals surface area contributed by atoms with Crippen molar-refractivity contribution in [2.45, 2.75) is 6.92 Å². The van der Waals surface area contributed by atoms with Crippen LogP contribution in [0.25, 0.3) is 0 Å². The lowest BCUT2D eigenvalue weighted by Crippen LogP contribution is -2.37. The number of ether oxygens (including phenoxy) is 2. The predicted molar refractivity (Wildman–Crippen MR) is 101 cm³/mol. The fourth-order valence-electron chi connectivity index (χ4n) is 2.26. The normalized spacial score (nSPS) is 10.1. The molecule has 8 heteroatoms. The Balaban J connectivity index is 1.82. The van der Waals surface area contributed by atoms with Crippen LogP contribution in [-0.2, 0) is 14.3 Å². The van der Waals surface area contributed by atoms with E-state index in [2.05, 4.69) is 5.32 Å². The third kappa shape index (κ3) is 5.80. The molecular weight excluding hydrogens is 367 g/mol. The van der Waals surface area contributed by atoms with Gasteiger partial charge < -0.3 is 19.7 Å². The number of esters is 1. The van der Waals surface area contributed by atoms with E-state index < -0.39 is 24.3 Å². The van der Waals surface area contributed by atoms with E-state index in [-0.39, 0.29) is 23.8 Å². The number of amides is 2. The topological polar surface area (TPSA) is 84.9 Å². The fraction of sp³-hybridized carbons (Fsp3) is 0.250. The summed E-state index contributed by atoms with van der Waals surface area (Å²) in [6, 6.07) is 10.8. The number of halogens is 1. The molecule has 7 nitrogen and oxygen atoms in total. The molecule has 0 spiro atoms. The van der Waals surface area contributed by atoms with Crippen LogP contribution in [0.2, 0.25) is 0 Å². The van der Waals surface area contributed by atoms with Gasteiger partial charge in [-0.05, 0) is 37.3 Å². The second-order valence-corrected chi connectivity index (χ2v) is 6.09. The quantitative estimate of drug-likeness (QED) is 0.737. The van der Waals surface area contributed by atoms with E-state index in [0.29, 0.717) is 5.69 Å². The highest BCUT2D eigenvalue weighted by molar-refractivity contribution is 5.95. The largest absolute Gasteiger partial charge is 0.494 e. The maximum absolute atomic E-state index is 13.6. The van der Waals surface area contributed by atoms with Crippen LogP contribution in [0.15, 0.2) is 42.5 Å². The van der Waals surface area contributed by atoms with Crippen molar-refractivity contribution >= 4 is 23.5 Å². The molecule has 0 bridgehead atoms. The molecule has 2 aromatic rings. The molecule has 0 aliphatic heterocycles. The molecule has 2 aromatic carbocycles. The third-order valence-corrected chi connectivity index (χ3v) is 3.86. The van der Waals surface area contributed by atoms with Gasteiger partial charge in [-0.15, -0.1) is 0 Å². The van der Waals surface area contributed by atoms with E-state index in [1.165, 1.54) is 26.3 Å². The molecule has 0 aromatic heterocycles. The number of aryl methyl sites for hydroxylation is 1. The smallest absolute Gasteiger partial charge is 0.338 e. The van der Waals surface area contributed by atoms with Crippen molar-refractivity contribution < 1.29 is 28.2 Å². The molecule has 0 radical (unpaired) electrons. The molecule has 0 saturated heterocycles. The molecule has 0 atom stereocenters. The number of likely N-dealkylation sites (N-methyl/N-ethyl adjacent to an activating group) is 1. The van der Waals surface area contributed by atoms with Crippen LogP contribution in [0.5, 0.6) is 5.75 Å². The van der Waals surface area contributed by atoms with Crippen LogP contribution in [0.1, 0.15) is 15.9 Å². The zero-order valence-corrected chi connectivity index (χ0v) is 15.8. The van der Waals surface area contributed by atoms with Crippen molar-refractivity contribution in [1.29, 1.82) is 0 Å². The van der Waals surface area contributed by atoms with Crippen molar-refractivity contribution in [3.8, 4) is 5.75 Å². The van der Waals surface area contributed by atoms with E-state index in [0.717, 1.165) is 16.5 Å². The first-order valence-electron chi connectivity index (χ1n) is 8.41. The first-order valence-corrected chi connectivity index (χ1v) is 8.41. The Morgan fingerprint density at radius 3 is 2.39 bits per heavy atom. The Morgan fingerprint density at radius 2 is 1.79 bits per heavy atom. The summed E-state index contributed by atoms with van der Waals surface area (Å²) >= 11 is 0. The number of nitrogens with zero attached hydrogens (tertiary/aromatic N) is 1. The SMILES string of the molecule is COc1ccc(C(=O)OCC(=O)N(C)CC(=O)Nc2ccc(C)cc2)cc1F. The lowest BCUT2D eigenvalue weighted by Gasteiger charge is -2.17. The molecule has 2 rings (SSSR count). The van der Waals surface area contributed by atoms with Gasteiger partial charge in [0.25, 0.3) is 5.91 Å². The molecule has 0 aliphatic rings. The molecule has 0 saturated carbocycles. The molecule has 0 fully saturated rings. The highest BCUT2D eigenvalue weighted by atomic mass is 19.1. The molecule has 28 heavy (non-hydrogen) atoms. The summed E-state index contributed by atoms with van der Waals surface area (Å²) in [5.41, 5.74) is 1.62. The Labute approximate surface area is 162 Å². The summed E-state index contributed by atoms with van der Waals surface area (Å²) in [7, 11) is 2.72. The van der Waals surface area contributed by atoms with E-state index in [9.17, 15) is 18.8 Å². The molecular formula is C20H21FN2O5. The summed E-state index contributed by atoms with van der Waals surface area (Å²) in [6.07, 6.45) is 0. The minimum Gasteiger partial charge on any atom is -0.494 e. The van der Waals surface area contributed by atoms with Gasteiger partial charge in [-0.3, -0.25) is 9.59 Å². The lowest BCUT2D eigenvalue weighted by atomic mass is 10.2. The second-order valence-electron chi connectivity index (χ2n) is 6.09. The Morgan fingerprint density at radius 1 is 1.11 bits per heavy atom. The standard InChI is InChI=1S/C20H21FN2O5/c1-13-4-7-15(8-5-13)22-18(24)11-23(2)19(25)12-28-20(26)14-6-9-17(27-3)16(21)10-14/h4-10H,11-12H2,1-3H3,(H,22,24). The average Bonchev–Trinajstić information content (AvgIpc) is 2.67. The number of benzene rings is 2. The zero-order chi connectivity index (χ0) is 20.7. The van der Waals surface area contributed by atoms with Crippen LogP contribution < -0.4 is 10.1 Å². The number of hydrogen-bond acceptors (Lipinski definition) is 5. The molecule has 148 valence electrons. The van der Waals surface area contributed by atoms with E-state index in [4.69, 9.17) is 9.47 Å². The number of carbonyl (C=O) groups excluding carboxylic acids is 3. The second kappa shape index (κ2) is 9.50. The number of nitrogens with one attached hydrogen (secondary N) is 1. The van der Waals surface area contributed by atoms with Crippen LogP contribution in [0, 0.1) is 12.7 Å². The van der Waals surface area contributed by atoms with Gasteiger partial charge in [0, 0.05) is 12.7 Å². The van der Waals surface area contributed by atoms with Crippen LogP contribution in [-0.4, -0.2) is 50.0 Å².